The minimum absolute atomic E-state index is 0.869. The van der Waals surface area contributed by atoms with Crippen LogP contribution >= 0.6 is 0 Å². The molecule has 3 nitrogen and oxygen atoms in total. The molecule has 12 rings (SSSR count). The van der Waals surface area contributed by atoms with Gasteiger partial charge < -0.3 is 14.4 Å². The SMILES string of the molecule is c1ccc(-c2ccc3c([nH]c4ccccc43)c2-c2cccc(-c3c(-c4ccccc4)ccc4c3[nH]c3ccccc34)c2-c2cccc3oc4ccccc4c23)cc1. The van der Waals surface area contributed by atoms with Gasteiger partial charge in [0.1, 0.15) is 11.2 Å². The lowest BCUT2D eigenvalue weighted by molar-refractivity contribution is 0.669. The highest BCUT2D eigenvalue weighted by Crippen LogP contribution is 2.52. The first-order valence-corrected chi connectivity index (χ1v) is 19.5. The minimum atomic E-state index is 0.869. The zero-order chi connectivity index (χ0) is 37.5. The molecule has 12 aromatic rings. The van der Waals surface area contributed by atoms with Gasteiger partial charge in [0, 0.05) is 54.5 Å². The van der Waals surface area contributed by atoms with Crippen LogP contribution in [-0.2, 0) is 0 Å². The summed E-state index contributed by atoms with van der Waals surface area (Å²) in [4.78, 5) is 7.83. The van der Waals surface area contributed by atoms with E-state index in [1.54, 1.807) is 0 Å². The highest BCUT2D eigenvalue weighted by atomic mass is 16.3. The van der Waals surface area contributed by atoms with Crippen LogP contribution in [0.15, 0.2) is 199 Å². The number of fused-ring (bicyclic) bond motifs is 9. The highest BCUT2D eigenvalue weighted by molar-refractivity contribution is 6.22. The van der Waals surface area contributed by atoms with Gasteiger partial charge in [0.05, 0.1) is 11.0 Å². The molecule has 0 spiro atoms. The predicted octanol–water partition coefficient (Wildman–Crippen LogP) is 15.2. The molecule has 9 aromatic carbocycles. The fourth-order valence-corrected chi connectivity index (χ4v) is 9.36. The molecule has 0 aliphatic rings. The van der Waals surface area contributed by atoms with Gasteiger partial charge >= 0.3 is 0 Å². The molecule has 0 amide bonds. The van der Waals surface area contributed by atoms with E-state index in [0.29, 0.717) is 0 Å². The van der Waals surface area contributed by atoms with Crippen molar-refractivity contribution in [3.8, 4) is 55.6 Å². The Kier molecular flexibility index (Phi) is 6.93. The Balaban J connectivity index is 1.30. The number of para-hydroxylation sites is 3. The summed E-state index contributed by atoms with van der Waals surface area (Å²) < 4.78 is 6.60. The smallest absolute Gasteiger partial charge is 0.136 e. The first-order valence-electron chi connectivity index (χ1n) is 19.5. The quantitative estimate of drug-likeness (QED) is 0.182. The summed E-state index contributed by atoms with van der Waals surface area (Å²) in [5.74, 6) is 0. The van der Waals surface area contributed by atoms with E-state index in [4.69, 9.17) is 4.42 Å². The summed E-state index contributed by atoms with van der Waals surface area (Å²) in [5, 5.41) is 7.03. The van der Waals surface area contributed by atoms with E-state index in [1.165, 1.54) is 54.9 Å². The van der Waals surface area contributed by atoms with Crippen LogP contribution in [0.2, 0.25) is 0 Å². The zero-order valence-electron chi connectivity index (χ0n) is 30.9. The molecule has 3 aromatic heterocycles. The summed E-state index contributed by atoms with van der Waals surface area (Å²) in [5.41, 5.74) is 17.8. The van der Waals surface area contributed by atoms with Crippen LogP contribution in [-0.4, -0.2) is 9.97 Å². The zero-order valence-corrected chi connectivity index (χ0v) is 30.9. The van der Waals surface area contributed by atoms with Crippen LogP contribution in [0.1, 0.15) is 0 Å². The third kappa shape index (κ3) is 4.79. The molecule has 0 aliphatic heterocycles. The number of rotatable bonds is 5. The second-order valence-electron chi connectivity index (χ2n) is 14.9. The maximum Gasteiger partial charge on any atom is 0.136 e. The van der Waals surface area contributed by atoms with Crippen molar-refractivity contribution in [2.24, 2.45) is 0 Å². The van der Waals surface area contributed by atoms with E-state index in [1.807, 2.05) is 0 Å². The molecule has 2 N–H and O–H groups in total. The van der Waals surface area contributed by atoms with Gasteiger partial charge in [-0.1, -0.05) is 170 Å². The fourth-order valence-electron chi connectivity index (χ4n) is 9.36. The number of furan rings is 1. The molecule has 0 aliphatic carbocycles. The number of aromatic nitrogens is 2. The highest BCUT2D eigenvalue weighted by Gasteiger charge is 2.26. The van der Waals surface area contributed by atoms with E-state index >= 15 is 0 Å². The summed E-state index contributed by atoms with van der Waals surface area (Å²) in [6, 6.07) is 69.9. The Hall–Kier alpha value is -7.62. The lowest BCUT2D eigenvalue weighted by Gasteiger charge is -2.22. The van der Waals surface area contributed by atoms with Crippen molar-refractivity contribution in [3.05, 3.63) is 194 Å². The Morgan fingerprint density at radius 3 is 1.32 bits per heavy atom. The standard InChI is InChI=1S/C54H34N2O/c1-3-15-33(16-4-1)35-29-31-39-37-19-7-10-25-45(37)55-53(39)51(35)43-22-13-23-44(49(43)42-24-14-28-48-50(42)41-21-9-12-27-47(41)57-48)52-36(34-17-5-2-6-18-34)30-32-40-38-20-8-11-26-46(38)56-54(40)52/h1-32,55-56H. The van der Waals surface area contributed by atoms with Crippen molar-refractivity contribution in [1.29, 1.82) is 0 Å². The predicted molar refractivity (Wildman–Crippen MR) is 240 cm³/mol. The van der Waals surface area contributed by atoms with Crippen molar-refractivity contribution in [3.63, 3.8) is 0 Å². The minimum Gasteiger partial charge on any atom is -0.456 e. The Labute approximate surface area is 328 Å². The van der Waals surface area contributed by atoms with E-state index in [0.717, 1.165) is 66.3 Å². The fraction of sp³-hybridized carbons (Fsp3) is 0. The average Bonchev–Trinajstić information content (AvgIpc) is 3.97. The van der Waals surface area contributed by atoms with Crippen LogP contribution in [0.3, 0.4) is 0 Å². The van der Waals surface area contributed by atoms with Gasteiger partial charge in [-0.05, 0) is 68.8 Å². The lowest BCUT2D eigenvalue weighted by Crippen LogP contribution is -1.96. The van der Waals surface area contributed by atoms with Crippen LogP contribution in [0.25, 0.3) is 121 Å². The summed E-state index contributed by atoms with van der Waals surface area (Å²) in [6.45, 7) is 0. The van der Waals surface area contributed by atoms with Crippen LogP contribution in [0, 0.1) is 0 Å². The van der Waals surface area contributed by atoms with Gasteiger partial charge in [0.2, 0.25) is 0 Å². The molecular weight excluding hydrogens is 693 g/mol. The molecule has 0 unspecified atom stereocenters. The Morgan fingerprint density at radius 1 is 0.281 bits per heavy atom. The summed E-state index contributed by atoms with van der Waals surface area (Å²) in [7, 11) is 0. The summed E-state index contributed by atoms with van der Waals surface area (Å²) in [6.07, 6.45) is 0. The van der Waals surface area contributed by atoms with Gasteiger partial charge in [-0.3, -0.25) is 0 Å². The molecule has 0 fully saturated rings. The van der Waals surface area contributed by atoms with E-state index < -0.39 is 0 Å². The average molecular weight is 727 g/mol. The number of aromatic amines is 2. The van der Waals surface area contributed by atoms with Gasteiger partial charge in [-0.15, -0.1) is 0 Å². The number of hydrogen-bond acceptors (Lipinski definition) is 1. The molecule has 3 heteroatoms. The van der Waals surface area contributed by atoms with Crippen LogP contribution in [0.5, 0.6) is 0 Å². The first-order chi connectivity index (χ1) is 28.3. The van der Waals surface area contributed by atoms with Gasteiger partial charge in [0.25, 0.3) is 0 Å². The maximum absolute atomic E-state index is 6.60. The number of nitrogens with one attached hydrogen (secondary N) is 2. The van der Waals surface area contributed by atoms with Crippen molar-refractivity contribution in [2.45, 2.75) is 0 Å². The maximum atomic E-state index is 6.60. The molecule has 0 radical (unpaired) electrons. The molecule has 0 saturated heterocycles. The number of benzene rings is 9. The monoisotopic (exact) mass is 726 g/mol. The molecule has 3 heterocycles. The van der Waals surface area contributed by atoms with Crippen molar-refractivity contribution < 1.29 is 4.42 Å². The lowest BCUT2D eigenvalue weighted by atomic mass is 9.81. The van der Waals surface area contributed by atoms with Gasteiger partial charge in [-0.25, -0.2) is 0 Å². The number of H-pyrrole nitrogens is 2. The summed E-state index contributed by atoms with van der Waals surface area (Å²) >= 11 is 0. The van der Waals surface area contributed by atoms with E-state index in [9.17, 15) is 0 Å². The molecule has 0 atom stereocenters. The van der Waals surface area contributed by atoms with Crippen molar-refractivity contribution in [1.82, 2.24) is 9.97 Å². The second kappa shape index (κ2) is 12.5. The Morgan fingerprint density at radius 2 is 0.737 bits per heavy atom. The third-order valence-corrected chi connectivity index (χ3v) is 11.8. The molecule has 57 heavy (non-hydrogen) atoms. The van der Waals surface area contributed by atoms with Crippen molar-refractivity contribution in [2.75, 3.05) is 0 Å². The first kappa shape index (κ1) is 31.7. The molecule has 0 bridgehead atoms. The van der Waals surface area contributed by atoms with E-state index in [-0.39, 0.29) is 0 Å². The van der Waals surface area contributed by atoms with Gasteiger partial charge in [0.15, 0.2) is 0 Å². The molecule has 266 valence electrons. The van der Waals surface area contributed by atoms with Crippen LogP contribution < -0.4 is 0 Å². The normalized spacial score (nSPS) is 11.9. The van der Waals surface area contributed by atoms with Gasteiger partial charge in [-0.2, -0.15) is 0 Å². The molecular formula is C54H34N2O. The Bertz CT molecular complexity index is 3340. The second-order valence-corrected chi connectivity index (χ2v) is 14.9. The largest absolute Gasteiger partial charge is 0.456 e. The topological polar surface area (TPSA) is 44.7 Å². The molecule has 0 saturated carbocycles. The number of hydrogen-bond donors (Lipinski definition) is 2. The third-order valence-electron chi connectivity index (χ3n) is 11.8. The van der Waals surface area contributed by atoms with E-state index in [2.05, 4.69) is 204 Å². The van der Waals surface area contributed by atoms with Crippen LogP contribution in [0.4, 0.5) is 0 Å². The van der Waals surface area contributed by atoms with Crippen molar-refractivity contribution >= 4 is 65.6 Å².